The van der Waals surface area contributed by atoms with Gasteiger partial charge in [0.15, 0.2) is 0 Å². The Labute approximate surface area is 126 Å². The molecule has 1 aromatic rings. The van der Waals surface area contributed by atoms with Crippen molar-refractivity contribution in [2.75, 3.05) is 18.1 Å². The monoisotopic (exact) mass is 297 g/mol. The highest BCUT2D eigenvalue weighted by Crippen LogP contribution is 2.28. The van der Waals surface area contributed by atoms with Crippen molar-refractivity contribution >= 4 is 11.8 Å². The number of nitrogens with one attached hydrogen (secondary N) is 1. The molecule has 0 saturated carbocycles. The molecule has 0 aliphatic carbocycles. The van der Waals surface area contributed by atoms with Crippen LogP contribution in [0.2, 0.25) is 0 Å². The van der Waals surface area contributed by atoms with Gasteiger partial charge < -0.3 is 10.4 Å². The molecule has 2 atom stereocenters. The molecule has 2 heterocycles. The van der Waals surface area contributed by atoms with Crippen LogP contribution in [0, 0.1) is 6.92 Å². The van der Waals surface area contributed by atoms with E-state index in [1.54, 1.807) is 0 Å². The number of hydrogen-bond acceptors (Lipinski definition) is 4. The van der Waals surface area contributed by atoms with Gasteiger partial charge in [-0.3, -0.25) is 4.68 Å². The topological polar surface area (TPSA) is 50.1 Å². The molecule has 1 aliphatic heterocycles. The highest BCUT2D eigenvalue weighted by atomic mass is 32.2. The summed E-state index contributed by atoms with van der Waals surface area (Å²) in [5.41, 5.74) is 1.75. The van der Waals surface area contributed by atoms with Crippen LogP contribution in [0.15, 0.2) is 6.20 Å². The minimum Gasteiger partial charge on any atom is -0.388 e. The van der Waals surface area contributed by atoms with Crippen molar-refractivity contribution in [1.29, 1.82) is 0 Å². The first-order valence-corrected chi connectivity index (χ1v) is 8.47. The second-order valence-corrected chi connectivity index (χ2v) is 8.02. The van der Waals surface area contributed by atoms with Crippen molar-refractivity contribution in [1.82, 2.24) is 15.1 Å². The van der Waals surface area contributed by atoms with Crippen LogP contribution in [0.5, 0.6) is 0 Å². The number of aromatic nitrogens is 2. The highest BCUT2D eigenvalue weighted by molar-refractivity contribution is 7.99. The maximum atomic E-state index is 10.4. The van der Waals surface area contributed by atoms with Crippen molar-refractivity contribution in [2.24, 2.45) is 0 Å². The Morgan fingerprint density at radius 1 is 1.55 bits per heavy atom. The second kappa shape index (κ2) is 5.70. The molecule has 4 nitrogen and oxygen atoms in total. The fourth-order valence-electron chi connectivity index (χ4n) is 2.43. The summed E-state index contributed by atoms with van der Waals surface area (Å²) in [5, 5.41) is 18.5. The zero-order chi connectivity index (χ0) is 15.0. The van der Waals surface area contributed by atoms with E-state index in [-0.39, 0.29) is 11.6 Å². The molecular formula is C15H27N3OS. The molecule has 0 bridgehead atoms. The fourth-order valence-corrected chi connectivity index (χ4v) is 3.73. The summed E-state index contributed by atoms with van der Waals surface area (Å²) >= 11 is 1.83. The van der Waals surface area contributed by atoms with Gasteiger partial charge in [0.25, 0.3) is 0 Å². The van der Waals surface area contributed by atoms with E-state index in [4.69, 9.17) is 0 Å². The van der Waals surface area contributed by atoms with E-state index >= 15 is 0 Å². The average Bonchev–Trinajstić information content (AvgIpc) is 2.93. The quantitative estimate of drug-likeness (QED) is 0.896. The van der Waals surface area contributed by atoms with Gasteiger partial charge in [0.2, 0.25) is 0 Å². The first kappa shape index (κ1) is 15.9. The summed E-state index contributed by atoms with van der Waals surface area (Å²) in [6.07, 6.45) is 3.01. The maximum absolute atomic E-state index is 10.4. The standard InChI is InChI=1S/C15H27N3OS/c1-11(16-9-15(19)6-7-20-10-15)13-8-18(14(3,4)5)17-12(13)2/h8,11,16,19H,6-7,9-10H2,1-5H3. The summed E-state index contributed by atoms with van der Waals surface area (Å²) < 4.78 is 2.02. The lowest BCUT2D eigenvalue weighted by molar-refractivity contribution is 0.0651. The maximum Gasteiger partial charge on any atom is 0.0869 e. The van der Waals surface area contributed by atoms with Crippen molar-refractivity contribution in [3.8, 4) is 0 Å². The van der Waals surface area contributed by atoms with Crippen LogP contribution in [0.1, 0.15) is 51.4 Å². The van der Waals surface area contributed by atoms with E-state index in [0.717, 1.165) is 23.6 Å². The van der Waals surface area contributed by atoms with E-state index in [1.807, 2.05) is 16.4 Å². The molecule has 0 aromatic carbocycles. The van der Waals surface area contributed by atoms with Gasteiger partial charge in [0.05, 0.1) is 16.8 Å². The predicted octanol–water partition coefficient (Wildman–Crippen LogP) is 2.47. The van der Waals surface area contributed by atoms with Gasteiger partial charge in [-0.15, -0.1) is 0 Å². The summed E-state index contributed by atoms with van der Waals surface area (Å²) in [5.74, 6) is 1.90. The van der Waals surface area contributed by atoms with Gasteiger partial charge in [-0.25, -0.2) is 0 Å². The number of aryl methyl sites for hydroxylation is 1. The zero-order valence-electron chi connectivity index (χ0n) is 13.2. The Morgan fingerprint density at radius 3 is 2.75 bits per heavy atom. The molecule has 0 spiro atoms. The third-order valence-corrected chi connectivity index (χ3v) is 5.14. The predicted molar refractivity (Wildman–Crippen MR) is 85.3 cm³/mol. The first-order chi connectivity index (χ1) is 9.21. The molecule has 0 amide bonds. The van der Waals surface area contributed by atoms with E-state index < -0.39 is 5.60 Å². The molecule has 1 saturated heterocycles. The van der Waals surface area contributed by atoms with Gasteiger partial charge in [-0.05, 0) is 46.8 Å². The lowest BCUT2D eigenvalue weighted by Gasteiger charge is -2.24. The average molecular weight is 297 g/mol. The Kier molecular flexibility index (Phi) is 4.52. The second-order valence-electron chi connectivity index (χ2n) is 6.91. The lowest BCUT2D eigenvalue weighted by atomic mass is 10.0. The van der Waals surface area contributed by atoms with Crippen LogP contribution in [0.3, 0.4) is 0 Å². The zero-order valence-corrected chi connectivity index (χ0v) is 14.0. The number of nitrogens with zero attached hydrogens (tertiary/aromatic N) is 2. The largest absolute Gasteiger partial charge is 0.388 e. The SMILES string of the molecule is Cc1nn(C(C)(C)C)cc1C(C)NCC1(O)CCSC1. The summed E-state index contributed by atoms with van der Waals surface area (Å²) in [7, 11) is 0. The minimum absolute atomic E-state index is 0.00300. The van der Waals surface area contributed by atoms with E-state index in [2.05, 4.69) is 51.2 Å². The smallest absolute Gasteiger partial charge is 0.0869 e. The third kappa shape index (κ3) is 3.57. The number of hydrogen-bond donors (Lipinski definition) is 2. The molecule has 114 valence electrons. The molecule has 20 heavy (non-hydrogen) atoms. The van der Waals surface area contributed by atoms with Gasteiger partial charge in [0, 0.05) is 30.1 Å². The van der Waals surface area contributed by atoms with E-state index in [0.29, 0.717) is 6.54 Å². The van der Waals surface area contributed by atoms with Crippen LogP contribution in [-0.4, -0.2) is 38.5 Å². The van der Waals surface area contributed by atoms with Crippen molar-refractivity contribution in [3.05, 3.63) is 17.5 Å². The van der Waals surface area contributed by atoms with Crippen molar-refractivity contribution in [2.45, 2.75) is 58.2 Å². The minimum atomic E-state index is -0.535. The van der Waals surface area contributed by atoms with Gasteiger partial charge in [-0.2, -0.15) is 16.9 Å². The highest BCUT2D eigenvalue weighted by Gasteiger charge is 2.32. The Bertz CT molecular complexity index is 458. The van der Waals surface area contributed by atoms with Crippen LogP contribution in [-0.2, 0) is 5.54 Å². The van der Waals surface area contributed by atoms with Gasteiger partial charge in [-0.1, -0.05) is 0 Å². The molecule has 1 aromatic heterocycles. The Morgan fingerprint density at radius 2 is 2.25 bits per heavy atom. The normalized spacial score (nSPS) is 25.1. The van der Waals surface area contributed by atoms with Crippen LogP contribution < -0.4 is 5.32 Å². The number of thioether (sulfide) groups is 1. The molecule has 1 fully saturated rings. The Balaban J connectivity index is 2.02. The van der Waals surface area contributed by atoms with Crippen LogP contribution >= 0.6 is 11.8 Å². The van der Waals surface area contributed by atoms with Gasteiger partial charge >= 0.3 is 0 Å². The summed E-state index contributed by atoms with van der Waals surface area (Å²) in [6.45, 7) is 11.3. The molecule has 2 unspecified atom stereocenters. The Hall–Kier alpha value is -0.520. The summed E-state index contributed by atoms with van der Waals surface area (Å²) in [4.78, 5) is 0. The van der Waals surface area contributed by atoms with E-state index in [9.17, 15) is 5.11 Å². The molecular weight excluding hydrogens is 270 g/mol. The molecule has 2 N–H and O–H groups in total. The van der Waals surface area contributed by atoms with Gasteiger partial charge in [0.1, 0.15) is 0 Å². The van der Waals surface area contributed by atoms with Crippen molar-refractivity contribution in [3.63, 3.8) is 0 Å². The van der Waals surface area contributed by atoms with Crippen LogP contribution in [0.4, 0.5) is 0 Å². The number of rotatable bonds is 4. The lowest BCUT2D eigenvalue weighted by Crippen LogP contribution is -2.41. The first-order valence-electron chi connectivity index (χ1n) is 7.31. The van der Waals surface area contributed by atoms with E-state index in [1.165, 1.54) is 5.56 Å². The third-order valence-electron chi connectivity index (χ3n) is 3.91. The molecule has 2 rings (SSSR count). The molecule has 1 aliphatic rings. The number of aliphatic hydroxyl groups is 1. The molecule has 0 radical (unpaired) electrons. The van der Waals surface area contributed by atoms with Crippen LogP contribution in [0.25, 0.3) is 0 Å². The fraction of sp³-hybridized carbons (Fsp3) is 0.800. The van der Waals surface area contributed by atoms with Crippen molar-refractivity contribution < 1.29 is 5.11 Å². The summed E-state index contributed by atoms with van der Waals surface area (Å²) in [6, 6.07) is 0.209. The molecule has 5 heteroatoms.